The van der Waals surface area contributed by atoms with Gasteiger partial charge >= 0.3 is 0 Å². The molecule has 4 heteroatoms. The van der Waals surface area contributed by atoms with Crippen LogP contribution < -0.4 is 15.4 Å². The van der Waals surface area contributed by atoms with Gasteiger partial charge in [0, 0.05) is 6.04 Å². The van der Waals surface area contributed by atoms with Crippen molar-refractivity contribution in [2.24, 2.45) is 23.7 Å². The molecule has 1 heterocycles. The second-order valence-electron chi connectivity index (χ2n) is 7.01. The zero-order valence-electron chi connectivity index (χ0n) is 11.9. The van der Waals surface area contributed by atoms with Gasteiger partial charge in [0.15, 0.2) is 6.10 Å². The van der Waals surface area contributed by atoms with Crippen molar-refractivity contribution in [3.8, 4) is 5.75 Å². The molecule has 0 spiro atoms. The average molecular weight is 284 g/mol. The molecule has 0 saturated heterocycles. The Balaban J connectivity index is 1.25. The van der Waals surface area contributed by atoms with E-state index < -0.39 is 6.10 Å². The zero-order valence-corrected chi connectivity index (χ0v) is 11.9. The number of ether oxygens (including phenoxy) is 1. The number of hydrogen-bond acceptors (Lipinski definition) is 3. The fourth-order valence-electron chi connectivity index (χ4n) is 5.03. The SMILES string of the molecule is O=C(NC1C2C3CCC(C3)C12)C1CNc2ccccc2O1. The molecular weight excluding hydrogens is 264 g/mol. The van der Waals surface area contributed by atoms with Crippen molar-refractivity contribution in [2.45, 2.75) is 31.4 Å². The molecule has 2 N–H and O–H groups in total. The van der Waals surface area contributed by atoms with Gasteiger partial charge in [0.25, 0.3) is 5.91 Å². The predicted molar refractivity (Wildman–Crippen MR) is 79.1 cm³/mol. The van der Waals surface area contributed by atoms with Gasteiger partial charge in [-0.3, -0.25) is 4.79 Å². The number of carbonyl (C=O) groups excluding carboxylic acids is 1. The molecule has 1 aromatic rings. The monoisotopic (exact) mass is 284 g/mol. The molecule has 2 bridgehead atoms. The van der Waals surface area contributed by atoms with Crippen LogP contribution in [0.3, 0.4) is 0 Å². The molecular formula is C17H20N2O2. The molecule has 5 atom stereocenters. The summed E-state index contributed by atoms with van der Waals surface area (Å²) in [5.41, 5.74) is 0.975. The van der Waals surface area contributed by atoms with Crippen LogP contribution in [0, 0.1) is 23.7 Å². The molecule has 3 fully saturated rings. The van der Waals surface area contributed by atoms with Gasteiger partial charge in [-0.1, -0.05) is 12.1 Å². The van der Waals surface area contributed by atoms with E-state index >= 15 is 0 Å². The summed E-state index contributed by atoms with van der Waals surface area (Å²) in [5, 5.41) is 6.54. The van der Waals surface area contributed by atoms with E-state index in [4.69, 9.17) is 4.74 Å². The second-order valence-corrected chi connectivity index (χ2v) is 7.01. The molecule has 1 aliphatic heterocycles. The second kappa shape index (κ2) is 4.15. The summed E-state index contributed by atoms with van der Waals surface area (Å²) in [6.07, 6.45) is 3.77. The molecule has 1 aromatic carbocycles. The highest BCUT2D eigenvalue weighted by Crippen LogP contribution is 2.65. The van der Waals surface area contributed by atoms with E-state index in [0.717, 1.165) is 35.1 Å². The molecule has 110 valence electrons. The van der Waals surface area contributed by atoms with Crippen molar-refractivity contribution in [1.82, 2.24) is 5.32 Å². The van der Waals surface area contributed by atoms with Gasteiger partial charge in [0.1, 0.15) is 5.75 Å². The Morgan fingerprint density at radius 3 is 2.76 bits per heavy atom. The highest BCUT2D eigenvalue weighted by atomic mass is 16.5. The summed E-state index contributed by atoms with van der Waals surface area (Å²) in [4.78, 5) is 12.4. The first-order valence-corrected chi connectivity index (χ1v) is 8.11. The van der Waals surface area contributed by atoms with Crippen LogP contribution in [0.4, 0.5) is 5.69 Å². The summed E-state index contributed by atoms with van der Waals surface area (Å²) < 4.78 is 5.84. The van der Waals surface area contributed by atoms with Gasteiger partial charge < -0.3 is 15.4 Å². The molecule has 1 amide bonds. The van der Waals surface area contributed by atoms with Crippen molar-refractivity contribution in [3.63, 3.8) is 0 Å². The number of para-hydroxylation sites is 2. The van der Waals surface area contributed by atoms with Crippen molar-refractivity contribution in [2.75, 3.05) is 11.9 Å². The number of amides is 1. The van der Waals surface area contributed by atoms with E-state index in [2.05, 4.69) is 10.6 Å². The average Bonchev–Trinajstić information content (AvgIpc) is 2.91. The smallest absolute Gasteiger partial charge is 0.263 e. The van der Waals surface area contributed by atoms with E-state index in [9.17, 15) is 4.79 Å². The topological polar surface area (TPSA) is 50.4 Å². The van der Waals surface area contributed by atoms with Gasteiger partial charge in [0.2, 0.25) is 0 Å². The molecule has 21 heavy (non-hydrogen) atoms. The highest BCUT2D eigenvalue weighted by molar-refractivity contribution is 5.83. The van der Waals surface area contributed by atoms with Gasteiger partial charge in [0.05, 0.1) is 12.2 Å². The first kappa shape index (κ1) is 11.9. The molecule has 0 aromatic heterocycles. The third-order valence-electron chi connectivity index (χ3n) is 5.97. The first-order valence-electron chi connectivity index (χ1n) is 8.11. The quantitative estimate of drug-likeness (QED) is 0.873. The van der Waals surface area contributed by atoms with Crippen LogP contribution in [0.1, 0.15) is 19.3 Å². The molecule has 0 radical (unpaired) electrons. The minimum atomic E-state index is -0.404. The summed E-state index contributed by atoms with van der Waals surface area (Å²) in [5.74, 6) is 4.15. The van der Waals surface area contributed by atoms with Crippen LogP contribution in [0.25, 0.3) is 0 Å². The molecule has 4 nitrogen and oxygen atoms in total. The number of hydrogen-bond donors (Lipinski definition) is 2. The lowest BCUT2D eigenvalue weighted by Crippen LogP contribution is -2.46. The first-order chi connectivity index (χ1) is 10.3. The third kappa shape index (κ3) is 1.71. The number of benzene rings is 1. The van der Waals surface area contributed by atoms with Gasteiger partial charge in [-0.15, -0.1) is 0 Å². The van der Waals surface area contributed by atoms with Crippen LogP contribution in [0.5, 0.6) is 5.75 Å². The van der Waals surface area contributed by atoms with Crippen LogP contribution in [0.15, 0.2) is 24.3 Å². The Morgan fingerprint density at radius 2 is 1.95 bits per heavy atom. The fraction of sp³-hybridized carbons (Fsp3) is 0.588. The Morgan fingerprint density at radius 1 is 1.19 bits per heavy atom. The van der Waals surface area contributed by atoms with E-state index in [1.54, 1.807) is 0 Å². The van der Waals surface area contributed by atoms with E-state index in [1.807, 2.05) is 24.3 Å². The summed E-state index contributed by atoms with van der Waals surface area (Å²) in [6, 6.07) is 8.23. The fourth-order valence-corrected chi connectivity index (χ4v) is 5.03. The van der Waals surface area contributed by atoms with Crippen LogP contribution in [-0.2, 0) is 4.79 Å². The lowest BCUT2D eigenvalue weighted by molar-refractivity contribution is -0.128. The normalized spacial score (nSPS) is 41.5. The maximum Gasteiger partial charge on any atom is 0.263 e. The van der Waals surface area contributed by atoms with Crippen LogP contribution in [0.2, 0.25) is 0 Å². The Kier molecular flexibility index (Phi) is 2.35. The minimum absolute atomic E-state index is 0.0517. The highest BCUT2D eigenvalue weighted by Gasteiger charge is 2.65. The number of anilines is 1. The Bertz CT molecular complexity index is 586. The molecule has 4 aliphatic rings. The van der Waals surface area contributed by atoms with Crippen LogP contribution >= 0.6 is 0 Å². The van der Waals surface area contributed by atoms with Crippen LogP contribution in [-0.4, -0.2) is 24.6 Å². The van der Waals surface area contributed by atoms with Crippen molar-refractivity contribution in [1.29, 1.82) is 0 Å². The van der Waals surface area contributed by atoms with Gasteiger partial charge in [-0.2, -0.15) is 0 Å². The Labute approximate surface area is 124 Å². The number of fused-ring (bicyclic) bond motifs is 6. The Hall–Kier alpha value is -1.71. The van der Waals surface area contributed by atoms with Gasteiger partial charge in [-0.25, -0.2) is 0 Å². The maximum absolute atomic E-state index is 12.4. The molecule has 3 aliphatic carbocycles. The predicted octanol–water partition coefficient (Wildman–Crippen LogP) is 2.02. The van der Waals surface area contributed by atoms with E-state index in [0.29, 0.717) is 12.6 Å². The lowest BCUT2D eigenvalue weighted by Gasteiger charge is -2.26. The number of carbonyl (C=O) groups is 1. The summed E-state index contributed by atoms with van der Waals surface area (Å²) in [6.45, 7) is 0.553. The van der Waals surface area contributed by atoms with Crippen molar-refractivity contribution >= 4 is 11.6 Å². The lowest BCUT2D eigenvalue weighted by atomic mass is 10.0. The van der Waals surface area contributed by atoms with Gasteiger partial charge in [-0.05, 0) is 55.1 Å². The molecule has 3 saturated carbocycles. The summed E-state index contributed by atoms with van der Waals surface area (Å²) >= 11 is 0. The number of rotatable bonds is 2. The minimum Gasteiger partial charge on any atom is -0.477 e. The molecule has 5 rings (SSSR count). The van der Waals surface area contributed by atoms with Crippen molar-refractivity contribution in [3.05, 3.63) is 24.3 Å². The standard InChI is InChI=1S/C17H20N2O2/c20-17(13-8-18-11-3-1-2-4-12(11)21-13)19-16-14-9-5-6-10(7-9)15(14)16/h1-4,9-10,13-16,18H,5-8H2,(H,19,20). The molecule has 5 unspecified atom stereocenters. The van der Waals surface area contributed by atoms with Crippen molar-refractivity contribution < 1.29 is 9.53 Å². The summed E-state index contributed by atoms with van der Waals surface area (Å²) in [7, 11) is 0. The zero-order chi connectivity index (χ0) is 14.0. The van der Waals surface area contributed by atoms with E-state index in [-0.39, 0.29) is 5.91 Å². The largest absolute Gasteiger partial charge is 0.477 e. The third-order valence-corrected chi connectivity index (χ3v) is 5.97. The van der Waals surface area contributed by atoms with E-state index in [1.165, 1.54) is 19.3 Å². The number of nitrogens with one attached hydrogen (secondary N) is 2. The maximum atomic E-state index is 12.4.